The highest BCUT2D eigenvalue weighted by Crippen LogP contribution is 2.11. The van der Waals surface area contributed by atoms with E-state index >= 15 is 0 Å². The van der Waals surface area contributed by atoms with E-state index < -0.39 is 18.8 Å². The fourth-order valence-corrected chi connectivity index (χ4v) is 4.55. The second kappa shape index (κ2) is 7.44. The van der Waals surface area contributed by atoms with Crippen molar-refractivity contribution in [3.63, 3.8) is 0 Å². The number of hydrogen-bond acceptors (Lipinski definition) is 5. The van der Waals surface area contributed by atoms with Crippen LogP contribution in [-0.2, 0) is 23.3 Å². The number of nitrogens with one attached hydrogen (secondary N) is 1. The highest BCUT2D eigenvalue weighted by atomic mass is 32.2. The van der Waals surface area contributed by atoms with Crippen LogP contribution in [0.3, 0.4) is 0 Å². The summed E-state index contributed by atoms with van der Waals surface area (Å²) < 4.78 is 41.2. The maximum Gasteiger partial charge on any atom is 0.501 e. The molecule has 0 aromatic heterocycles. The smallest absolute Gasteiger partial charge is 0.377 e. The highest BCUT2D eigenvalue weighted by molar-refractivity contribution is 7.89. The van der Waals surface area contributed by atoms with Crippen LogP contribution in [0.2, 0.25) is 6.04 Å². The first-order valence-electron chi connectivity index (χ1n) is 5.43. The lowest BCUT2D eigenvalue weighted by Gasteiger charge is -2.24. The Bertz CT molecular complexity index is 294. The number of rotatable bonds is 9. The molecule has 0 saturated carbocycles. The van der Waals surface area contributed by atoms with Crippen molar-refractivity contribution in [1.29, 1.82) is 0 Å². The van der Waals surface area contributed by atoms with Crippen molar-refractivity contribution in [3.05, 3.63) is 0 Å². The van der Waals surface area contributed by atoms with E-state index in [4.69, 9.17) is 13.3 Å². The van der Waals surface area contributed by atoms with E-state index in [0.717, 1.165) is 0 Å². The van der Waals surface area contributed by atoms with Gasteiger partial charge >= 0.3 is 8.80 Å². The van der Waals surface area contributed by atoms with Gasteiger partial charge in [-0.15, -0.1) is 0 Å². The molecule has 0 aromatic rings. The van der Waals surface area contributed by atoms with Crippen LogP contribution in [0.25, 0.3) is 0 Å². The Balaban J connectivity index is 4.22. The summed E-state index contributed by atoms with van der Waals surface area (Å²) in [5, 5.41) is 0. The molecule has 0 saturated heterocycles. The summed E-state index contributed by atoms with van der Waals surface area (Å²) >= 11 is 0. The summed E-state index contributed by atoms with van der Waals surface area (Å²) in [5.41, 5.74) is 0. The van der Waals surface area contributed by atoms with Gasteiger partial charge in [-0.3, -0.25) is 0 Å². The van der Waals surface area contributed by atoms with E-state index in [0.29, 0.717) is 6.04 Å². The largest absolute Gasteiger partial charge is 0.501 e. The SMILES string of the molecule is CO[Si](CCNS(=O)(=O)CC(C)C)(OC)OC. The van der Waals surface area contributed by atoms with Crippen LogP contribution in [0.4, 0.5) is 0 Å². The third-order valence-corrected chi connectivity index (χ3v) is 6.72. The van der Waals surface area contributed by atoms with Crippen LogP contribution in [0.1, 0.15) is 13.8 Å². The second-order valence-electron chi connectivity index (χ2n) is 4.11. The number of sulfonamides is 1. The van der Waals surface area contributed by atoms with E-state index in [9.17, 15) is 8.42 Å². The highest BCUT2D eigenvalue weighted by Gasteiger charge is 2.37. The third-order valence-electron chi connectivity index (χ3n) is 2.24. The van der Waals surface area contributed by atoms with Gasteiger partial charge in [-0.1, -0.05) is 13.8 Å². The lowest BCUT2D eigenvalue weighted by molar-refractivity contribution is 0.124. The van der Waals surface area contributed by atoms with Crippen LogP contribution in [-0.4, -0.2) is 50.8 Å². The minimum absolute atomic E-state index is 0.0989. The zero-order valence-electron chi connectivity index (χ0n) is 11.1. The van der Waals surface area contributed by atoms with Crippen molar-refractivity contribution in [2.24, 2.45) is 5.92 Å². The molecule has 0 spiro atoms. The van der Waals surface area contributed by atoms with E-state index in [1.807, 2.05) is 13.8 Å². The normalized spacial score (nSPS) is 13.3. The topological polar surface area (TPSA) is 73.9 Å². The average molecular weight is 285 g/mol. The first-order valence-corrected chi connectivity index (χ1v) is 9.02. The first-order chi connectivity index (χ1) is 7.81. The Morgan fingerprint density at radius 1 is 1.12 bits per heavy atom. The molecular weight excluding hydrogens is 262 g/mol. The molecule has 17 heavy (non-hydrogen) atoms. The molecule has 0 fully saturated rings. The molecular formula is C9H23NO5SSi. The Labute approximate surface area is 105 Å². The van der Waals surface area contributed by atoms with E-state index in [2.05, 4.69) is 4.72 Å². The van der Waals surface area contributed by atoms with Crippen LogP contribution in [0.5, 0.6) is 0 Å². The molecule has 0 radical (unpaired) electrons. The zero-order chi connectivity index (χ0) is 13.5. The van der Waals surface area contributed by atoms with Gasteiger partial charge in [-0.2, -0.15) is 0 Å². The molecule has 0 aromatic carbocycles. The van der Waals surface area contributed by atoms with Gasteiger partial charge in [-0.05, 0) is 5.92 Å². The molecule has 0 amide bonds. The zero-order valence-corrected chi connectivity index (χ0v) is 13.0. The average Bonchev–Trinajstić information content (AvgIpc) is 2.23. The molecule has 0 aliphatic carbocycles. The van der Waals surface area contributed by atoms with Crippen molar-refractivity contribution in [1.82, 2.24) is 4.72 Å². The van der Waals surface area contributed by atoms with Gasteiger partial charge in [-0.25, -0.2) is 13.1 Å². The summed E-state index contributed by atoms with van der Waals surface area (Å²) in [6, 6.07) is 0.411. The van der Waals surface area contributed by atoms with Crippen molar-refractivity contribution in [3.8, 4) is 0 Å². The Morgan fingerprint density at radius 2 is 1.59 bits per heavy atom. The molecule has 0 rings (SSSR count). The Kier molecular flexibility index (Phi) is 7.45. The van der Waals surface area contributed by atoms with Gasteiger partial charge in [0.2, 0.25) is 10.0 Å². The maximum absolute atomic E-state index is 11.6. The van der Waals surface area contributed by atoms with Gasteiger partial charge in [0, 0.05) is 33.9 Å². The minimum Gasteiger partial charge on any atom is -0.377 e. The monoisotopic (exact) mass is 285 g/mol. The minimum atomic E-state index is -3.22. The van der Waals surface area contributed by atoms with Crippen molar-refractivity contribution in [2.75, 3.05) is 33.6 Å². The third kappa shape index (κ3) is 6.48. The van der Waals surface area contributed by atoms with Crippen molar-refractivity contribution in [2.45, 2.75) is 19.9 Å². The van der Waals surface area contributed by atoms with Crippen molar-refractivity contribution >= 4 is 18.8 Å². The second-order valence-corrected chi connectivity index (χ2v) is 9.06. The predicted molar refractivity (Wildman–Crippen MR) is 68.2 cm³/mol. The summed E-state index contributed by atoms with van der Waals surface area (Å²) in [5.74, 6) is 0.218. The molecule has 1 N–H and O–H groups in total. The lowest BCUT2D eigenvalue weighted by atomic mass is 10.3. The van der Waals surface area contributed by atoms with E-state index in [1.165, 1.54) is 21.3 Å². The molecule has 0 heterocycles. The van der Waals surface area contributed by atoms with Gasteiger partial charge < -0.3 is 13.3 Å². The van der Waals surface area contributed by atoms with Gasteiger partial charge in [0.05, 0.1) is 5.75 Å². The fraction of sp³-hybridized carbons (Fsp3) is 1.00. The molecule has 6 nitrogen and oxygen atoms in total. The molecule has 0 unspecified atom stereocenters. The predicted octanol–water partition coefficient (Wildman–Crippen LogP) is 0.440. The maximum atomic E-state index is 11.6. The molecule has 0 bridgehead atoms. The van der Waals surface area contributed by atoms with E-state index in [-0.39, 0.29) is 18.2 Å². The van der Waals surface area contributed by atoms with Crippen LogP contribution in [0.15, 0.2) is 0 Å². The van der Waals surface area contributed by atoms with Gasteiger partial charge in [0.15, 0.2) is 0 Å². The summed E-state index contributed by atoms with van der Waals surface area (Å²) in [7, 11) is -1.40. The van der Waals surface area contributed by atoms with Crippen molar-refractivity contribution < 1.29 is 21.7 Å². The Hall–Kier alpha value is 0.00688. The Morgan fingerprint density at radius 3 is 1.94 bits per heavy atom. The summed E-state index contributed by atoms with van der Waals surface area (Å²) in [6.07, 6.45) is 0. The molecule has 0 atom stereocenters. The van der Waals surface area contributed by atoms with Crippen LogP contribution >= 0.6 is 0 Å². The fourth-order valence-electron chi connectivity index (χ4n) is 1.41. The van der Waals surface area contributed by atoms with Crippen LogP contribution in [0, 0.1) is 5.92 Å². The molecule has 0 aliphatic rings. The molecule has 104 valence electrons. The quantitative estimate of drug-likeness (QED) is 0.622. The van der Waals surface area contributed by atoms with Crippen LogP contribution < -0.4 is 4.72 Å². The number of hydrogen-bond donors (Lipinski definition) is 1. The lowest BCUT2D eigenvalue weighted by Crippen LogP contribution is -2.45. The molecule has 0 aliphatic heterocycles. The summed E-state index contributed by atoms with van der Waals surface area (Å²) in [4.78, 5) is 0. The standard InChI is InChI=1S/C9H23NO5SSi/c1-9(2)8-16(11,12)10-6-7-17(13-3,14-4)15-5/h9-10H,6-8H2,1-5H3. The van der Waals surface area contributed by atoms with E-state index in [1.54, 1.807) is 0 Å². The summed E-state index contributed by atoms with van der Waals surface area (Å²) in [6.45, 7) is 3.98. The van der Waals surface area contributed by atoms with Gasteiger partial charge in [0.1, 0.15) is 0 Å². The first kappa shape index (κ1) is 17.0. The van der Waals surface area contributed by atoms with Gasteiger partial charge in [0.25, 0.3) is 0 Å². The molecule has 8 heteroatoms.